The van der Waals surface area contributed by atoms with E-state index in [0.717, 1.165) is 36.7 Å². The van der Waals surface area contributed by atoms with Crippen LogP contribution < -0.4 is 5.32 Å². The van der Waals surface area contributed by atoms with Gasteiger partial charge in [0.15, 0.2) is 5.00 Å². The summed E-state index contributed by atoms with van der Waals surface area (Å²) in [5, 5.41) is 13.8. The van der Waals surface area contributed by atoms with E-state index in [1.165, 1.54) is 18.4 Å². The minimum absolute atomic E-state index is 0.0120. The number of anilines is 1. The molecule has 1 heterocycles. The van der Waals surface area contributed by atoms with Crippen molar-refractivity contribution in [2.45, 2.75) is 29.5 Å². The Hall–Kier alpha value is -1.19. The van der Waals surface area contributed by atoms with Crippen molar-refractivity contribution in [1.29, 1.82) is 0 Å². The molecule has 19 heavy (non-hydrogen) atoms. The molecule has 1 aliphatic rings. The van der Waals surface area contributed by atoms with E-state index in [0.29, 0.717) is 0 Å². The molecule has 0 aliphatic heterocycles. The van der Waals surface area contributed by atoms with Crippen LogP contribution in [0.4, 0.5) is 10.7 Å². The molecule has 0 radical (unpaired) electrons. The molecule has 0 spiro atoms. The van der Waals surface area contributed by atoms with E-state index in [1.54, 1.807) is 0 Å². The number of sulfonamides is 1. The van der Waals surface area contributed by atoms with E-state index in [2.05, 4.69) is 5.32 Å². The van der Waals surface area contributed by atoms with E-state index in [-0.39, 0.29) is 20.9 Å². The van der Waals surface area contributed by atoms with Crippen molar-refractivity contribution in [1.82, 2.24) is 4.31 Å². The van der Waals surface area contributed by atoms with Crippen LogP contribution in [-0.4, -0.2) is 37.8 Å². The minimum Gasteiger partial charge on any atom is -0.374 e. The molecule has 0 amide bonds. The Kier molecular flexibility index (Phi) is 3.79. The van der Waals surface area contributed by atoms with Gasteiger partial charge in [-0.1, -0.05) is 17.8 Å². The maximum absolute atomic E-state index is 12.4. The number of nitrogens with one attached hydrogen (secondary N) is 1. The third kappa shape index (κ3) is 2.45. The molecule has 1 saturated carbocycles. The molecule has 0 bridgehead atoms. The second-order valence-electron chi connectivity index (χ2n) is 4.39. The number of rotatable bonds is 5. The Bertz CT molecular complexity index is 592. The lowest BCUT2D eigenvalue weighted by atomic mass is 9.94. The zero-order valence-corrected chi connectivity index (χ0v) is 12.3. The molecule has 1 aromatic heterocycles. The van der Waals surface area contributed by atoms with Crippen LogP contribution in [0, 0.1) is 10.1 Å². The first-order chi connectivity index (χ1) is 8.87. The summed E-state index contributed by atoms with van der Waals surface area (Å²) in [5.41, 5.74) is -0.201. The summed E-state index contributed by atoms with van der Waals surface area (Å²) in [5.74, 6) is 0. The van der Waals surface area contributed by atoms with Gasteiger partial charge in [-0.25, -0.2) is 8.42 Å². The van der Waals surface area contributed by atoms with Crippen molar-refractivity contribution in [3.8, 4) is 0 Å². The fourth-order valence-electron chi connectivity index (χ4n) is 1.89. The topological polar surface area (TPSA) is 92.6 Å². The second-order valence-corrected chi connectivity index (χ2v) is 7.67. The Balaban J connectivity index is 2.37. The number of thiophene rings is 1. The summed E-state index contributed by atoms with van der Waals surface area (Å²) in [4.78, 5) is 10.3. The zero-order valence-electron chi connectivity index (χ0n) is 10.6. The zero-order chi connectivity index (χ0) is 14.2. The molecule has 0 aromatic carbocycles. The highest BCUT2D eigenvalue weighted by molar-refractivity contribution is 7.91. The Labute approximate surface area is 115 Å². The van der Waals surface area contributed by atoms with E-state index in [4.69, 9.17) is 0 Å². The van der Waals surface area contributed by atoms with E-state index in [1.807, 2.05) is 0 Å². The molecule has 106 valence electrons. The third-order valence-electron chi connectivity index (χ3n) is 3.34. The molecule has 1 aromatic rings. The van der Waals surface area contributed by atoms with Gasteiger partial charge in [-0.2, -0.15) is 4.31 Å². The van der Waals surface area contributed by atoms with Crippen LogP contribution in [0.1, 0.15) is 19.3 Å². The minimum atomic E-state index is -3.64. The monoisotopic (exact) mass is 305 g/mol. The first kappa shape index (κ1) is 14.2. The first-order valence-corrected chi connectivity index (χ1v) is 8.07. The van der Waals surface area contributed by atoms with Gasteiger partial charge >= 0.3 is 5.69 Å². The van der Waals surface area contributed by atoms with E-state index < -0.39 is 14.9 Å². The van der Waals surface area contributed by atoms with Crippen molar-refractivity contribution < 1.29 is 13.3 Å². The molecule has 1 fully saturated rings. The lowest BCUT2D eigenvalue weighted by Gasteiger charge is -2.33. The first-order valence-electron chi connectivity index (χ1n) is 5.82. The summed E-state index contributed by atoms with van der Waals surface area (Å²) >= 11 is 0.893. The summed E-state index contributed by atoms with van der Waals surface area (Å²) < 4.78 is 26.0. The van der Waals surface area contributed by atoms with Gasteiger partial charge < -0.3 is 5.32 Å². The van der Waals surface area contributed by atoms with Crippen molar-refractivity contribution in [3.05, 3.63) is 16.2 Å². The normalized spacial score (nSPS) is 16.4. The molecule has 7 nitrogen and oxygen atoms in total. The average molecular weight is 305 g/mol. The fourth-order valence-corrected chi connectivity index (χ4v) is 4.77. The van der Waals surface area contributed by atoms with Gasteiger partial charge in [-0.05, 0) is 12.8 Å². The van der Waals surface area contributed by atoms with Gasteiger partial charge in [0.25, 0.3) is 10.0 Å². The summed E-state index contributed by atoms with van der Waals surface area (Å²) in [7, 11) is -0.573. The number of hydrogen-bond acceptors (Lipinski definition) is 6. The van der Waals surface area contributed by atoms with Crippen LogP contribution in [0.3, 0.4) is 0 Å². The maximum atomic E-state index is 12.4. The van der Waals surface area contributed by atoms with Crippen molar-refractivity contribution in [2.75, 3.05) is 19.4 Å². The Morgan fingerprint density at radius 3 is 2.53 bits per heavy atom. The smallest absolute Gasteiger partial charge is 0.304 e. The number of nitro groups is 1. The fraction of sp³-hybridized carbons (Fsp3) is 0.600. The average Bonchev–Trinajstić information content (AvgIpc) is 2.71. The molecule has 1 aliphatic carbocycles. The van der Waals surface area contributed by atoms with Crippen LogP contribution in [0.15, 0.2) is 10.3 Å². The molecular weight excluding hydrogens is 290 g/mol. The van der Waals surface area contributed by atoms with Crippen molar-refractivity contribution in [2.24, 2.45) is 0 Å². The largest absolute Gasteiger partial charge is 0.374 e. The molecule has 2 rings (SSSR count). The van der Waals surface area contributed by atoms with Crippen molar-refractivity contribution >= 4 is 32.0 Å². The summed E-state index contributed by atoms with van der Waals surface area (Å²) in [6, 6.07) is 1.14. The molecule has 0 atom stereocenters. The van der Waals surface area contributed by atoms with Crippen LogP contribution in [0.2, 0.25) is 0 Å². The highest BCUT2D eigenvalue weighted by atomic mass is 32.2. The predicted octanol–water partition coefficient (Wildman–Crippen LogP) is 1.87. The van der Waals surface area contributed by atoms with Crippen LogP contribution in [0.5, 0.6) is 0 Å². The standard InChI is InChI=1S/C10H15N3O4S2/c1-11-10-8(13(14)15)6-9(18-10)19(16,17)12(2)7-4-3-5-7/h6-7,11H,3-5H2,1-2H3. The highest BCUT2D eigenvalue weighted by Crippen LogP contribution is 2.39. The highest BCUT2D eigenvalue weighted by Gasteiger charge is 2.34. The van der Waals surface area contributed by atoms with Crippen LogP contribution >= 0.6 is 11.3 Å². The Morgan fingerprint density at radius 2 is 2.16 bits per heavy atom. The van der Waals surface area contributed by atoms with E-state index >= 15 is 0 Å². The number of hydrogen-bond donors (Lipinski definition) is 1. The van der Waals surface area contributed by atoms with Gasteiger partial charge in [0, 0.05) is 26.2 Å². The maximum Gasteiger partial charge on any atom is 0.304 e. The summed E-state index contributed by atoms with van der Waals surface area (Å²) in [6.07, 6.45) is 2.72. The molecule has 1 N–H and O–H groups in total. The van der Waals surface area contributed by atoms with Crippen LogP contribution in [-0.2, 0) is 10.0 Å². The third-order valence-corrected chi connectivity index (χ3v) is 6.84. The number of nitrogens with zero attached hydrogens (tertiary/aromatic N) is 2. The van der Waals surface area contributed by atoms with Crippen LogP contribution in [0.25, 0.3) is 0 Å². The molecule has 0 unspecified atom stereocenters. The predicted molar refractivity (Wildman–Crippen MR) is 73.1 cm³/mol. The lowest BCUT2D eigenvalue weighted by molar-refractivity contribution is -0.383. The van der Waals surface area contributed by atoms with Gasteiger partial charge in [0.05, 0.1) is 4.92 Å². The second kappa shape index (κ2) is 5.06. The quantitative estimate of drug-likeness (QED) is 0.662. The lowest BCUT2D eigenvalue weighted by Crippen LogP contribution is -2.40. The van der Waals surface area contributed by atoms with Crippen molar-refractivity contribution in [3.63, 3.8) is 0 Å². The van der Waals surface area contributed by atoms with E-state index in [9.17, 15) is 18.5 Å². The molecule has 0 saturated heterocycles. The van der Waals surface area contributed by atoms with Gasteiger partial charge in [0.2, 0.25) is 0 Å². The summed E-state index contributed by atoms with van der Waals surface area (Å²) in [6.45, 7) is 0. The SMILES string of the molecule is CNc1sc(S(=O)(=O)N(C)C2CCC2)cc1[N+](=O)[O-]. The molecular formula is C10H15N3O4S2. The van der Waals surface area contributed by atoms with Gasteiger partial charge in [-0.15, -0.1) is 0 Å². The van der Waals surface area contributed by atoms with Gasteiger partial charge in [-0.3, -0.25) is 10.1 Å². The van der Waals surface area contributed by atoms with Gasteiger partial charge in [0.1, 0.15) is 4.21 Å². The molecule has 9 heteroatoms. The Morgan fingerprint density at radius 1 is 1.53 bits per heavy atom.